The SMILES string of the molecule is Cc1onc(-c2ccccc2)c1-c1nnc2n1Cc1cccc(Br)c1-2. The van der Waals surface area contributed by atoms with E-state index in [2.05, 4.69) is 41.9 Å². The van der Waals surface area contributed by atoms with E-state index in [0.29, 0.717) is 0 Å². The van der Waals surface area contributed by atoms with Crippen molar-refractivity contribution in [3.05, 3.63) is 64.3 Å². The van der Waals surface area contributed by atoms with Crippen LogP contribution in [0.1, 0.15) is 11.3 Å². The lowest BCUT2D eigenvalue weighted by Crippen LogP contribution is -1.98. The van der Waals surface area contributed by atoms with Crippen molar-refractivity contribution in [3.63, 3.8) is 0 Å². The van der Waals surface area contributed by atoms with E-state index < -0.39 is 0 Å². The van der Waals surface area contributed by atoms with Gasteiger partial charge in [0.1, 0.15) is 11.5 Å². The van der Waals surface area contributed by atoms with Gasteiger partial charge in [0, 0.05) is 15.6 Å². The summed E-state index contributed by atoms with van der Waals surface area (Å²) in [5.41, 5.74) is 5.04. The lowest BCUT2D eigenvalue weighted by molar-refractivity contribution is 0.400. The van der Waals surface area contributed by atoms with Crippen LogP contribution in [0, 0.1) is 6.92 Å². The zero-order valence-electron chi connectivity index (χ0n) is 13.4. The molecule has 2 aromatic heterocycles. The summed E-state index contributed by atoms with van der Waals surface area (Å²) in [4.78, 5) is 0. The summed E-state index contributed by atoms with van der Waals surface area (Å²) >= 11 is 3.63. The van der Waals surface area contributed by atoms with Gasteiger partial charge in [-0.15, -0.1) is 10.2 Å². The monoisotopic (exact) mass is 392 g/mol. The van der Waals surface area contributed by atoms with Crippen molar-refractivity contribution in [2.75, 3.05) is 0 Å². The van der Waals surface area contributed by atoms with Crippen LogP contribution in [0.25, 0.3) is 34.0 Å². The van der Waals surface area contributed by atoms with E-state index in [0.717, 1.165) is 50.8 Å². The first kappa shape index (κ1) is 14.6. The summed E-state index contributed by atoms with van der Waals surface area (Å²) in [5, 5.41) is 13.2. The molecule has 0 unspecified atom stereocenters. The number of rotatable bonds is 2. The first-order chi connectivity index (χ1) is 12.2. The fourth-order valence-electron chi connectivity index (χ4n) is 3.37. The molecule has 122 valence electrons. The molecule has 0 N–H and O–H groups in total. The van der Waals surface area contributed by atoms with Crippen molar-refractivity contribution in [3.8, 4) is 34.0 Å². The van der Waals surface area contributed by atoms with E-state index in [4.69, 9.17) is 4.52 Å². The highest BCUT2D eigenvalue weighted by Crippen LogP contribution is 2.41. The van der Waals surface area contributed by atoms with Crippen LogP contribution in [-0.2, 0) is 6.54 Å². The Morgan fingerprint density at radius 1 is 0.960 bits per heavy atom. The highest BCUT2D eigenvalue weighted by molar-refractivity contribution is 9.10. The Hall–Kier alpha value is -2.73. The number of fused-ring (bicyclic) bond motifs is 3. The third kappa shape index (κ3) is 2.10. The molecule has 0 saturated carbocycles. The molecule has 4 aromatic rings. The van der Waals surface area contributed by atoms with Crippen LogP contribution in [0.15, 0.2) is 57.5 Å². The van der Waals surface area contributed by atoms with E-state index in [9.17, 15) is 0 Å². The normalized spacial score (nSPS) is 12.2. The average molecular weight is 393 g/mol. The zero-order valence-corrected chi connectivity index (χ0v) is 15.0. The minimum absolute atomic E-state index is 0.740. The van der Waals surface area contributed by atoms with Gasteiger partial charge in [-0.05, 0) is 18.6 Å². The molecule has 6 heteroatoms. The van der Waals surface area contributed by atoms with Gasteiger partial charge < -0.3 is 9.09 Å². The van der Waals surface area contributed by atoms with Gasteiger partial charge >= 0.3 is 0 Å². The number of benzene rings is 2. The van der Waals surface area contributed by atoms with E-state index in [1.807, 2.05) is 49.4 Å². The molecular formula is C19H13BrN4O. The van der Waals surface area contributed by atoms with Crippen molar-refractivity contribution in [1.29, 1.82) is 0 Å². The highest BCUT2D eigenvalue weighted by atomic mass is 79.9. The van der Waals surface area contributed by atoms with Crippen molar-refractivity contribution in [2.45, 2.75) is 13.5 Å². The second-order valence-corrected chi connectivity index (χ2v) is 6.89. The first-order valence-electron chi connectivity index (χ1n) is 7.97. The van der Waals surface area contributed by atoms with Crippen molar-refractivity contribution < 1.29 is 4.52 Å². The molecule has 0 radical (unpaired) electrons. The van der Waals surface area contributed by atoms with Crippen LogP contribution >= 0.6 is 15.9 Å². The Bertz CT molecular complexity index is 1100. The van der Waals surface area contributed by atoms with Gasteiger partial charge in [0.15, 0.2) is 11.6 Å². The van der Waals surface area contributed by atoms with Crippen molar-refractivity contribution >= 4 is 15.9 Å². The maximum absolute atomic E-state index is 5.49. The molecular weight excluding hydrogens is 380 g/mol. The summed E-state index contributed by atoms with van der Waals surface area (Å²) in [5.74, 6) is 2.40. The minimum atomic E-state index is 0.740. The van der Waals surface area contributed by atoms with Gasteiger partial charge in [-0.2, -0.15) is 0 Å². The molecule has 0 spiro atoms. The fraction of sp³-hybridized carbons (Fsp3) is 0.105. The number of hydrogen-bond acceptors (Lipinski definition) is 4. The van der Waals surface area contributed by atoms with Gasteiger partial charge in [0.05, 0.1) is 12.1 Å². The van der Waals surface area contributed by atoms with Crippen molar-refractivity contribution in [2.24, 2.45) is 0 Å². The molecule has 5 nitrogen and oxygen atoms in total. The molecule has 25 heavy (non-hydrogen) atoms. The van der Waals surface area contributed by atoms with Crippen LogP contribution in [-0.4, -0.2) is 19.9 Å². The molecule has 0 fully saturated rings. The van der Waals surface area contributed by atoms with E-state index in [1.165, 1.54) is 5.56 Å². The van der Waals surface area contributed by atoms with E-state index in [1.54, 1.807) is 0 Å². The van der Waals surface area contributed by atoms with Crippen LogP contribution in [0.5, 0.6) is 0 Å². The standard InChI is InChI=1S/C19H13BrN4O/c1-11-15(17(23-25-11)12-6-3-2-4-7-12)18-21-22-19-16-13(10-24(18)19)8-5-9-14(16)20/h2-9H,10H2,1H3. The third-order valence-corrected chi connectivity index (χ3v) is 5.20. The predicted molar refractivity (Wildman–Crippen MR) is 97.9 cm³/mol. The molecule has 0 bridgehead atoms. The van der Waals surface area contributed by atoms with E-state index in [-0.39, 0.29) is 0 Å². The smallest absolute Gasteiger partial charge is 0.170 e. The Morgan fingerprint density at radius 2 is 1.72 bits per heavy atom. The van der Waals surface area contributed by atoms with Crippen molar-refractivity contribution in [1.82, 2.24) is 19.9 Å². The molecule has 5 rings (SSSR count). The molecule has 0 amide bonds. The average Bonchev–Trinajstić information content (AvgIpc) is 3.29. The maximum Gasteiger partial charge on any atom is 0.170 e. The van der Waals surface area contributed by atoms with Crippen LogP contribution in [0.3, 0.4) is 0 Å². The topological polar surface area (TPSA) is 56.7 Å². The Labute approximate surface area is 152 Å². The summed E-state index contributed by atoms with van der Waals surface area (Å²) < 4.78 is 8.66. The Balaban J connectivity index is 1.71. The second-order valence-electron chi connectivity index (χ2n) is 6.04. The Morgan fingerprint density at radius 3 is 2.52 bits per heavy atom. The number of aromatic nitrogens is 4. The minimum Gasteiger partial charge on any atom is -0.360 e. The maximum atomic E-state index is 5.49. The first-order valence-corrected chi connectivity index (χ1v) is 8.76. The van der Waals surface area contributed by atoms with E-state index >= 15 is 0 Å². The van der Waals surface area contributed by atoms with Crippen LogP contribution < -0.4 is 0 Å². The van der Waals surface area contributed by atoms with Gasteiger partial charge in [-0.25, -0.2) is 0 Å². The summed E-state index contributed by atoms with van der Waals surface area (Å²) in [6.45, 7) is 2.65. The van der Waals surface area contributed by atoms with Gasteiger partial charge in [0.25, 0.3) is 0 Å². The fourth-order valence-corrected chi connectivity index (χ4v) is 3.96. The predicted octanol–water partition coefficient (Wildman–Crippen LogP) is 4.70. The lowest BCUT2D eigenvalue weighted by atomic mass is 10.1. The zero-order chi connectivity index (χ0) is 17.0. The second kappa shape index (κ2) is 5.39. The van der Waals surface area contributed by atoms with Gasteiger partial charge in [-0.3, -0.25) is 0 Å². The molecule has 2 aromatic carbocycles. The number of aryl methyl sites for hydroxylation is 1. The largest absolute Gasteiger partial charge is 0.360 e. The third-order valence-electron chi connectivity index (χ3n) is 4.54. The number of halogens is 1. The molecule has 1 aliphatic rings. The molecule has 3 heterocycles. The summed E-state index contributed by atoms with van der Waals surface area (Å²) in [6, 6.07) is 16.2. The highest BCUT2D eigenvalue weighted by Gasteiger charge is 2.29. The lowest BCUT2D eigenvalue weighted by Gasteiger charge is -2.04. The van der Waals surface area contributed by atoms with Crippen LogP contribution in [0.2, 0.25) is 0 Å². The molecule has 0 atom stereocenters. The van der Waals surface area contributed by atoms with Crippen LogP contribution in [0.4, 0.5) is 0 Å². The van der Waals surface area contributed by atoms with Gasteiger partial charge in [-0.1, -0.05) is 63.6 Å². The quantitative estimate of drug-likeness (QED) is 0.436. The summed E-state index contributed by atoms with van der Waals surface area (Å²) in [7, 11) is 0. The molecule has 0 aliphatic carbocycles. The summed E-state index contributed by atoms with van der Waals surface area (Å²) in [6.07, 6.45) is 0. The van der Waals surface area contributed by atoms with Gasteiger partial charge in [0.2, 0.25) is 0 Å². The number of nitrogens with zero attached hydrogens (tertiary/aromatic N) is 4. The number of hydrogen-bond donors (Lipinski definition) is 0. The molecule has 1 aliphatic heterocycles. The Kier molecular flexibility index (Phi) is 3.15. The molecule has 0 saturated heterocycles.